The van der Waals surface area contributed by atoms with Gasteiger partial charge in [-0.15, -0.1) is 0 Å². The molecular weight excluding hydrogens is 400 g/mol. The second-order valence-electron chi connectivity index (χ2n) is 7.58. The Bertz CT molecular complexity index is 886. The van der Waals surface area contributed by atoms with E-state index < -0.39 is 0 Å². The number of benzene rings is 2. The predicted octanol–water partition coefficient (Wildman–Crippen LogP) is 4.74. The van der Waals surface area contributed by atoms with Crippen LogP contribution in [0, 0.1) is 5.92 Å². The molecule has 30 heavy (non-hydrogen) atoms. The highest BCUT2D eigenvalue weighted by Gasteiger charge is 2.41. The number of carbonyl (C=O) groups excluding carboxylic acids is 2. The third kappa shape index (κ3) is 4.96. The normalized spacial score (nSPS) is 18.9. The molecule has 0 saturated carbocycles. The van der Waals surface area contributed by atoms with E-state index >= 15 is 0 Å². The first-order valence-electron chi connectivity index (χ1n) is 10.5. The molecular formula is C24H29ClN2O3. The molecule has 1 heterocycles. The van der Waals surface area contributed by atoms with Crippen LogP contribution in [0.1, 0.15) is 49.8 Å². The fourth-order valence-corrected chi connectivity index (χ4v) is 4.27. The van der Waals surface area contributed by atoms with Gasteiger partial charge in [-0.05, 0) is 30.5 Å². The number of likely N-dealkylation sites (tertiary alicyclic amines) is 1. The molecule has 1 fully saturated rings. The molecule has 1 saturated heterocycles. The second-order valence-corrected chi connectivity index (χ2v) is 7.99. The summed E-state index contributed by atoms with van der Waals surface area (Å²) >= 11 is 6.24. The molecule has 0 radical (unpaired) electrons. The summed E-state index contributed by atoms with van der Waals surface area (Å²) in [5.74, 6) is 0.371. The zero-order valence-electron chi connectivity index (χ0n) is 17.6. The Morgan fingerprint density at radius 2 is 1.93 bits per heavy atom. The van der Waals surface area contributed by atoms with Gasteiger partial charge in [0, 0.05) is 30.1 Å². The number of rotatable bonds is 8. The lowest BCUT2D eigenvalue weighted by Gasteiger charge is -2.41. The van der Waals surface area contributed by atoms with E-state index in [1.807, 2.05) is 53.4 Å². The summed E-state index contributed by atoms with van der Waals surface area (Å²) in [4.78, 5) is 27.9. The molecule has 1 aliphatic heterocycles. The number of amides is 2. The lowest BCUT2D eigenvalue weighted by Crippen LogP contribution is -2.48. The molecule has 2 amide bonds. The van der Waals surface area contributed by atoms with Gasteiger partial charge in [-0.3, -0.25) is 9.59 Å². The molecule has 5 nitrogen and oxygen atoms in total. The maximum absolute atomic E-state index is 13.3. The monoisotopic (exact) mass is 428 g/mol. The average Bonchev–Trinajstić information content (AvgIpc) is 2.77. The standard InChI is InChI=1S/C24H29ClN2O3/c1-3-4-15-27-22(28)14-13-19(23(27)18-10-6-8-12-21(18)30-2)24(29)26-16-17-9-5-7-11-20(17)25/h5-12,19,23H,3-4,13-16H2,1-2H3,(H,26,29)/t19-,23-/m0/s1. The summed E-state index contributed by atoms with van der Waals surface area (Å²) in [5, 5.41) is 3.66. The zero-order chi connectivity index (χ0) is 21.5. The Balaban J connectivity index is 1.88. The summed E-state index contributed by atoms with van der Waals surface area (Å²) in [7, 11) is 1.62. The Morgan fingerprint density at radius 1 is 1.20 bits per heavy atom. The molecule has 2 aromatic rings. The van der Waals surface area contributed by atoms with Crippen molar-refractivity contribution in [2.45, 2.75) is 45.2 Å². The highest BCUT2D eigenvalue weighted by atomic mass is 35.5. The molecule has 2 atom stereocenters. The lowest BCUT2D eigenvalue weighted by atomic mass is 9.83. The van der Waals surface area contributed by atoms with Gasteiger partial charge >= 0.3 is 0 Å². The Morgan fingerprint density at radius 3 is 2.67 bits per heavy atom. The van der Waals surface area contributed by atoms with E-state index in [4.69, 9.17) is 16.3 Å². The number of ether oxygens (including phenoxy) is 1. The minimum atomic E-state index is -0.349. The van der Waals surface area contributed by atoms with Crippen molar-refractivity contribution in [2.75, 3.05) is 13.7 Å². The van der Waals surface area contributed by atoms with Gasteiger partial charge in [-0.1, -0.05) is 61.3 Å². The van der Waals surface area contributed by atoms with Crippen LogP contribution in [0.2, 0.25) is 5.02 Å². The van der Waals surface area contributed by atoms with Gasteiger partial charge in [-0.2, -0.15) is 0 Å². The van der Waals surface area contributed by atoms with E-state index in [1.54, 1.807) is 7.11 Å². The fraction of sp³-hybridized carbons (Fsp3) is 0.417. The van der Waals surface area contributed by atoms with Crippen molar-refractivity contribution in [3.63, 3.8) is 0 Å². The highest BCUT2D eigenvalue weighted by molar-refractivity contribution is 6.31. The van der Waals surface area contributed by atoms with Crippen LogP contribution in [-0.2, 0) is 16.1 Å². The number of hydrogen-bond acceptors (Lipinski definition) is 3. The topological polar surface area (TPSA) is 58.6 Å². The van der Waals surface area contributed by atoms with Crippen molar-refractivity contribution in [2.24, 2.45) is 5.92 Å². The van der Waals surface area contributed by atoms with E-state index in [0.29, 0.717) is 36.7 Å². The molecule has 1 N–H and O–H groups in total. The maximum atomic E-state index is 13.3. The van der Waals surface area contributed by atoms with Gasteiger partial charge in [0.2, 0.25) is 11.8 Å². The number of para-hydroxylation sites is 1. The van der Waals surface area contributed by atoms with Crippen LogP contribution in [0.4, 0.5) is 0 Å². The third-order valence-corrected chi connectivity index (χ3v) is 6.03. The van der Waals surface area contributed by atoms with E-state index in [1.165, 1.54) is 0 Å². The van der Waals surface area contributed by atoms with E-state index in [9.17, 15) is 9.59 Å². The Hall–Kier alpha value is -2.53. The van der Waals surface area contributed by atoms with Crippen molar-refractivity contribution in [3.05, 3.63) is 64.7 Å². The van der Waals surface area contributed by atoms with Crippen molar-refractivity contribution in [3.8, 4) is 5.75 Å². The minimum absolute atomic E-state index is 0.0696. The van der Waals surface area contributed by atoms with Gasteiger partial charge < -0.3 is 15.0 Å². The highest BCUT2D eigenvalue weighted by Crippen LogP contribution is 2.40. The second kappa shape index (κ2) is 10.5. The summed E-state index contributed by atoms with van der Waals surface area (Å²) < 4.78 is 5.57. The number of nitrogens with zero attached hydrogens (tertiary/aromatic N) is 1. The average molecular weight is 429 g/mol. The summed E-state index contributed by atoms with van der Waals surface area (Å²) in [6.07, 6.45) is 2.76. The minimum Gasteiger partial charge on any atom is -0.496 e. The van der Waals surface area contributed by atoms with Crippen LogP contribution in [0.25, 0.3) is 0 Å². The number of nitrogens with one attached hydrogen (secondary N) is 1. The molecule has 0 spiro atoms. The number of unbranched alkanes of at least 4 members (excludes halogenated alkanes) is 1. The van der Waals surface area contributed by atoms with Gasteiger partial charge in [0.05, 0.1) is 19.1 Å². The first kappa shape index (κ1) is 22.2. The van der Waals surface area contributed by atoms with Crippen LogP contribution in [-0.4, -0.2) is 30.4 Å². The molecule has 0 unspecified atom stereocenters. The SMILES string of the molecule is CCCCN1C(=O)CC[C@H](C(=O)NCc2ccccc2Cl)[C@@H]1c1ccccc1OC. The van der Waals surface area contributed by atoms with Crippen LogP contribution >= 0.6 is 11.6 Å². The molecule has 0 aliphatic carbocycles. The number of methoxy groups -OCH3 is 1. The smallest absolute Gasteiger partial charge is 0.225 e. The Labute approximate surface area is 183 Å². The van der Waals surface area contributed by atoms with Gasteiger partial charge in [0.15, 0.2) is 0 Å². The molecule has 2 aromatic carbocycles. The quantitative estimate of drug-likeness (QED) is 0.660. The molecule has 0 bridgehead atoms. The maximum Gasteiger partial charge on any atom is 0.225 e. The summed E-state index contributed by atoms with van der Waals surface area (Å²) in [6, 6.07) is 14.8. The van der Waals surface area contributed by atoms with Crippen molar-refractivity contribution in [1.82, 2.24) is 10.2 Å². The lowest BCUT2D eigenvalue weighted by molar-refractivity contribution is -0.143. The van der Waals surface area contributed by atoms with Crippen LogP contribution in [0.3, 0.4) is 0 Å². The number of carbonyl (C=O) groups is 2. The van der Waals surface area contributed by atoms with Crippen molar-refractivity contribution in [1.29, 1.82) is 0 Å². The first-order chi connectivity index (χ1) is 14.6. The van der Waals surface area contributed by atoms with Crippen molar-refractivity contribution >= 4 is 23.4 Å². The van der Waals surface area contributed by atoms with Crippen LogP contribution in [0.5, 0.6) is 5.75 Å². The van der Waals surface area contributed by atoms with Gasteiger partial charge in [-0.25, -0.2) is 0 Å². The van der Waals surface area contributed by atoms with E-state index in [0.717, 1.165) is 24.0 Å². The summed E-state index contributed by atoms with van der Waals surface area (Å²) in [5.41, 5.74) is 1.75. The number of halogens is 1. The largest absolute Gasteiger partial charge is 0.496 e. The van der Waals surface area contributed by atoms with Crippen LogP contribution < -0.4 is 10.1 Å². The molecule has 160 valence electrons. The predicted molar refractivity (Wildman–Crippen MR) is 118 cm³/mol. The van der Waals surface area contributed by atoms with Crippen molar-refractivity contribution < 1.29 is 14.3 Å². The molecule has 1 aliphatic rings. The number of piperidine rings is 1. The van der Waals surface area contributed by atoms with Gasteiger partial charge in [0.25, 0.3) is 0 Å². The molecule has 0 aromatic heterocycles. The summed E-state index contributed by atoms with van der Waals surface area (Å²) in [6.45, 7) is 3.09. The number of hydrogen-bond donors (Lipinski definition) is 1. The van der Waals surface area contributed by atoms with Crippen LogP contribution in [0.15, 0.2) is 48.5 Å². The van der Waals surface area contributed by atoms with Gasteiger partial charge in [0.1, 0.15) is 5.75 Å². The Kier molecular flexibility index (Phi) is 7.75. The fourth-order valence-electron chi connectivity index (χ4n) is 4.07. The first-order valence-corrected chi connectivity index (χ1v) is 10.9. The molecule has 3 rings (SSSR count). The third-order valence-electron chi connectivity index (χ3n) is 5.66. The zero-order valence-corrected chi connectivity index (χ0v) is 18.3. The molecule has 6 heteroatoms. The van der Waals surface area contributed by atoms with E-state index in [-0.39, 0.29) is 23.8 Å². The van der Waals surface area contributed by atoms with E-state index in [2.05, 4.69) is 12.2 Å².